The molecule has 1 saturated heterocycles. The van der Waals surface area contributed by atoms with Crippen LogP contribution < -0.4 is 15.8 Å². The quantitative estimate of drug-likeness (QED) is 0.836. The summed E-state index contributed by atoms with van der Waals surface area (Å²) in [5, 5.41) is 3.40. The summed E-state index contributed by atoms with van der Waals surface area (Å²) in [6.07, 6.45) is 8.51. The second-order valence-electron chi connectivity index (χ2n) is 6.43. The molecule has 0 spiro atoms. The normalized spacial score (nSPS) is 20.7. The molecule has 5 nitrogen and oxygen atoms in total. The lowest BCUT2D eigenvalue weighted by Gasteiger charge is -2.27. The van der Waals surface area contributed by atoms with Crippen LogP contribution in [-0.4, -0.2) is 37.8 Å². The lowest BCUT2D eigenvalue weighted by atomic mass is 9.94. The Morgan fingerprint density at radius 3 is 2.88 bits per heavy atom. The van der Waals surface area contributed by atoms with Crippen LogP contribution in [0.1, 0.15) is 18.4 Å². The molecule has 0 atom stereocenters. The third kappa shape index (κ3) is 2.87. The highest BCUT2D eigenvalue weighted by Gasteiger charge is 2.25. The highest BCUT2D eigenvalue weighted by molar-refractivity contribution is 5.88. The molecular weight excluding hydrogens is 302 g/mol. The van der Waals surface area contributed by atoms with Crippen LogP contribution in [0.15, 0.2) is 47.9 Å². The third-order valence-corrected chi connectivity index (χ3v) is 4.60. The zero-order valence-electron chi connectivity index (χ0n) is 13.9. The lowest BCUT2D eigenvalue weighted by molar-refractivity contribution is 0.0254. The van der Waals surface area contributed by atoms with Gasteiger partial charge in [0.2, 0.25) is 0 Å². The number of hydrogen-bond donors (Lipinski definition) is 2. The van der Waals surface area contributed by atoms with Gasteiger partial charge in [-0.15, -0.1) is 0 Å². The molecule has 3 aliphatic heterocycles. The van der Waals surface area contributed by atoms with Gasteiger partial charge in [0.25, 0.3) is 0 Å². The van der Waals surface area contributed by atoms with Crippen LogP contribution in [0.25, 0.3) is 5.57 Å². The zero-order chi connectivity index (χ0) is 16.5. The van der Waals surface area contributed by atoms with Gasteiger partial charge in [0, 0.05) is 61.2 Å². The Bertz CT molecular complexity index is 730. The first-order chi connectivity index (χ1) is 11.7. The average molecular weight is 325 g/mol. The maximum absolute atomic E-state index is 6.32. The summed E-state index contributed by atoms with van der Waals surface area (Å²) in [4.78, 5) is 2.07. The van der Waals surface area contributed by atoms with E-state index < -0.39 is 0 Å². The van der Waals surface area contributed by atoms with Gasteiger partial charge in [-0.25, -0.2) is 0 Å². The maximum atomic E-state index is 6.32. The second kappa shape index (κ2) is 6.24. The van der Waals surface area contributed by atoms with E-state index in [2.05, 4.69) is 28.7 Å². The highest BCUT2D eigenvalue weighted by Crippen LogP contribution is 2.39. The van der Waals surface area contributed by atoms with E-state index in [1.165, 1.54) is 5.57 Å². The lowest BCUT2D eigenvalue weighted by Crippen LogP contribution is -2.26. The predicted molar refractivity (Wildman–Crippen MR) is 95.2 cm³/mol. The standard InChI is InChI=1S/C19H23N3O2/c1-22-11-17(15-4-7-21-18(15)12-22)16-10-13(20)2-3-19(16)24-14-5-8-23-9-6-14/h2-4,10-12,14,21H,5-9,20H2,1H3. The van der Waals surface area contributed by atoms with E-state index in [4.69, 9.17) is 15.2 Å². The first-order valence-corrected chi connectivity index (χ1v) is 8.45. The first kappa shape index (κ1) is 15.1. The molecule has 0 bridgehead atoms. The van der Waals surface area contributed by atoms with Gasteiger partial charge in [0.05, 0.1) is 18.9 Å². The molecule has 1 aromatic rings. The molecule has 3 N–H and O–H groups in total. The number of nitrogens with one attached hydrogen (secondary N) is 1. The highest BCUT2D eigenvalue weighted by atomic mass is 16.5. The van der Waals surface area contributed by atoms with E-state index in [1.807, 2.05) is 25.2 Å². The summed E-state index contributed by atoms with van der Waals surface area (Å²) in [5.74, 6) is 0.893. The monoisotopic (exact) mass is 325 g/mol. The summed E-state index contributed by atoms with van der Waals surface area (Å²) in [5.41, 5.74) is 11.4. The van der Waals surface area contributed by atoms with E-state index >= 15 is 0 Å². The number of nitrogens with two attached hydrogens (primary N) is 1. The number of allylic oxidation sites excluding steroid dienone is 1. The Kier molecular flexibility index (Phi) is 3.94. The largest absolute Gasteiger partial charge is 0.490 e. The minimum Gasteiger partial charge on any atom is -0.490 e. The fraction of sp³-hybridized carbons (Fsp3) is 0.368. The Labute approximate surface area is 142 Å². The molecule has 0 aromatic heterocycles. The van der Waals surface area contributed by atoms with Crippen LogP contribution in [0.2, 0.25) is 0 Å². The van der Waals surface area contributed by atoms with Crippen LogP contribution in [0, 0.1) is 0 Å². The topological polar surface area (TPSA) is 59.8 Å². The molecule has 1 fully saturated rings. The first-order valence-electron chi connectivity index (χ1n) is 8.45. The molecule has 0 radical (unpaired) electrons. The van der Waals surface area contributed by atoms with Gasteiger partial charge in [0.1, 0.15) is 11.9 Å². The van der Waals surface area contributed by atoms with Crippen LogP contribution in [0.3, 0.4) is 0 Å². The number of nitrogens with zero attached hydrogens (tertiary/aromatic N) is 1. The van der Waals surface area contributed by atoms with Crippen molar-refractivity contribution in [3.8, 4) is 5.75 Å². The molecule has 3 aliphatic rings. The van der Waals surface area contributed by atoms with E-state index in [0.29, 0.717) is 0 Å². The minimum absolute atomic E-state index is 0.203. The van der Waals surface area contributed by atoms with Crippen LogP contribution >= 0.6 is 0 Å². The SMILES string of the molecule is CN1C=C2NCC=C2C(c2cc(N)ccc2OC2CCOCC2)=C1. The molecule has 0 unspecified atom stereocenters. The van der Waals surface area contributed by atoms with Crippen molar-refractivity contribution in [2.24, 2.45) is 0 Å². The Balaban J connectivity index is 1.70. The van der Waals surface area contributed by atoms with Crippen molar-refractivity contribution in [1.29, 1.82) is 0 Å². The average Bonchev–Trinajstić information content (AvgIpc) is 3.05. The molecule has 5 heteroatoms. The molecule has 1 aromatic carbocycles. The molecule has 0 aliphatic carbocycles. The van der Waals surface area contributed by atoms with Gasteiger partial charge >= 0.3 is 0 Å². The number of anilines is 1. The number of ether oxygens (including phenoxy) is 2. The van der Waals surface area contributed by atoms with Gasteiger partial charge < -0.3 is 25.4 Å². The Morgan fingerprint density at radius 2 is 2.04 bits per heavy atom. The van der Waals surface area contributed by atoms with E-state index in [-0.39, 0.29) is 6.10 Å². The summed E-state index contributed by atoms with van der Waals surface area (Å²) < 4.78 is 11.7. The van der Waals surface area contributed by atoms with E-state index in [0.717, 1.165) is 60.9 Å². The van der Waals surface area contributed by atoms with Gasteiger partial charge in [0.15, 0.2) is 0 Å². The molecule has 24 heavy (non-hydrogen) atoms. The van der Waals surface area contributed by atoms with Gasteiger partial charge in [-0.1, -0.05) is 6.08 Å². The van der Waals surface area contributed by atoms with Crippen molar-refractivity contribution < 1.29 is 9.47 Å². The molecule has 0 saturated carbocycles. The molecular formula is C19H23N3O2. The third-order valence-electron chi connectivity index (χ3n) is 4.60. The van der Waals surface area contributed by atoms with Gasteiger partial charge in [-0.05, 0) is 18.2 Å². The van der Waals surface area contributed by atoms with Crippen molar-refractivity contribution in [3.63, 3.8) is 0 Å². The van der Waals surface area contributed by atoms with Crippen molar-refractivity contribution >= 4 is 11.3 Å². The van der Waals surface area contributed by atoms with Gasteiger partial charge in [-0.3, -0.25) is 0 Å². The zero-order valence-corrected chi connectivity index (χ0v) is 13.9. The second-order valence-corrected chi connectivity index (χ2v) is 6.43. The number of nitrogen functional groups attached to an aromatic ring is 1. The van der Waals surface area contributed by atoms with Crippen LogP contribution in [0.4, 0.5) is 5.69 Å². The van der Waals surface area contributed by atoms with E-state index in [1.54, 1.807) is 0 Å². The van der Waals surface area contributed by atoms with Crippen LogP contribution in [0.5, 0.6) is 5.75 Å². The van der Waals surface area contributed by atoms with E-state index in [9.17, 15) is 0 Å². The number of rotatable bonds is 3. The number of hydrogen-bond acceptors (Lipinski definition) is 5. The summed E-state index contributed by atoms with van der Waals surface area (Å²) in [6, 6.07) is 5.90. The molecule has 126 valence electrons. The molecule has 3 heterocycles. The van der Waals surface area contributed by atoms with Crippen molar-refractivity contribution in [2.45, 2.75) is 18.9 Å². The Morgan fingerprint density at radius 1 is 1.21 bits per heavy atom. The van der Waals surface area contributed by atoms with Crippen LogP contribution in [-0.2, 0) is 4.74 Å². The predicted octanol–water partition coefficient (Wildman–Crippen LogP) is 2.48. The summed E-state index contributed by atoms with van der Waals surface area (Å²) in [7, 11) is 2.04. The van der Waals surface area contributed by atoms with Gasteiger partial charge in [-0.2, -0.15) is 0 Å². The fourth-order valence-corrected chi connectivity index (χ4v) is 3.40. The molecule has 0 amide bonds. The van der Waals surface area contributed by atoms with Crippen molar-refractivity contribution in [1.82, 2.24) is 10.2 Å². The summed E-state index contributed by atoms with van der Waals surface area (Å²) in [6.45, 7) is 2.38. The summed E-state index contributed by atoms with van der Waals surface area (Å²) >= 11 is 0. The Hall–Kier alpha value is -2.40. The molecule has 4 rings (SSSR count). The number of fused-ring (bicyclic) bond motifs is 1. The van der Waals surface area contributed by atoms with Crippen molar-refractivity contribution in [2.75, 3.05) is 32.5 Å². The van der Waals surface area contributed by atoms with Crippen molar-refractivity contribution in [3.05, 3.63) is 53.5 Å². The minimum atomic E-state index is 0.203. The maximum Gasteiger partial charge on any atom is 0.127 e. The fourth-order valence-electron chi connectivity index (χ4n) is 3.40. The smallest absolute Gasteiger partial charge is 0.127 e. The number of benzene rings is 1.